The third-order valence-electron chi connectivity index (χ3n) is 7.08. The summed E-state index contributed by atoms with van der Waals surface area (Å²) in [5.74, 6) is 1.15. The molecule has 1 amide bonds. The summed E-state index contributed by atoms with van der Waals surface area (Å²) in [5.41, 5.74) is 1.11. The van der Waals surface area contributed by atoms with Gasteiger partial charge in [-0.1, -0.05) is 25.0 Å². The van der Waals surface area contributed by atoms with Gasteiger partial charge in [-0.05, 0) is 43.7 Å². The third kappa shape index (κ3) is 4.35. The first kappa shape index (κ1) is 19.5. The number of rotatable bonds is 4. The minimum Gasteiger partial charge on any atom is -0.338 e. The number of carbonyl (C=O) groups excluding carboxylic acids is 1. The fourth-order valence-electron chi connectivity index (χ4n) is 5.50. The molecule has 0 bridgehead atoms. The van der Waals surface area contributed by atoms with Crippen molar-refractivity contribution < 1.29 is 4.79 Å². The second-order valence-corrected chi connectivity index (χ2v) is 10.1. The number of fused-ring (bicyclic) bond motifs is 2. The Hall–Kier alpha value is -1.50. The molecule has 29 heavy (non-hydrogen) atoms. The number of thiazole rings is 1. The van der Waals surface area contributed by atoms with Crippen molar-refractivity contribution >= 4 is 27.5 Å². The van der Waals surface area contributed by atoms with Crippen molar-refractivity contribution in [3.8, 4) is 0 Å². The van der Waals surface area contributed by atoms with Gasteiger partial charge in [-0.3, -0.25) is 14.6 Å². The van der Waals surface area contributed by atoms with Crippen LogP contribution in [-0.4, -0.2) is 70.9 Å². The van der Waals surface area contributed by atoms with Gasteiger partial charge in [0.05, 0.1) is 23.3 Å². The molecule has 5 nitrogen and oxygen atoms in total. The highest BCUT2D eigenvalue weighted by Gasteiger charge is 2.36. The van der Waals surface area contributed by atoms with Gasteiger partial charge in [0.15, 0.2) is 0 Å². The standard InChI is InChI=1S/C23H32N4OS/c28-23(27-11-5-7-18-6-1-3-9-20(18)27)17-26-14-12-25(13-15-26)16-22-24-19-8-2-4-10-21(19)29-22/h2,4,8,10,18,20H,1,3,5-7,9,11-17H2. The molecule has 3 aliphatic rings. The second kappa shape index (κ2) is 8.70. The molecular weight excluding hydrogens is 380 g/mol. The summed E-state index contributed by atoms with van der Waals surface area (Å²) in [5, 5.41) is 1.20. The molecule has 2 aliphatic heterocycles. The molecule has 6 heteroatoms. The zero-order valence-corrected chi connectivity index (χ0v) is 18.1. The predicted molar refractivity (Wildman–Crippen MR) is 118 cm³/mol. The van der Waals surface area contributed by atoms with Gasteiger partial charge in [0.1, 0.15) is 5.01 Å². The molecule has 1 aromatic carbocycles. The summed E-state index contributed by atoms with van der Waals surface area (Å²) in [4.78, 5) is 24.9. The maximum absolute atomic E-state index is 13.1. The van der Waals surface area contributed by atoms with Crippen LogP contribution < -0.4 is 0 Å². The lowest BCUT2D eigenvalue weighted by Gasteiger charge is -2.45. The summed E-state index contributed by atoms with van der Waals surface area (Å²) >= 11 is 1.80. The summed E-state index contributed by atoms with van der Waals surface area (Å²) in [7, 11) is 0. The number of nitrogens with zero attached hydrogens (tertiary/aromatic N) is 4. The lowest BCUT2D eigenvalue weighted by molar-refractivity contribution is -0.139. The minimum absolute atomic E-state index is 0.376. The van der Waals surface area contributed by atoms with Gasteiger partial charge in [-0.15, -0.1) is 11.3 Å². The lowest BCUT2D eigenvalue weighted by Crippen LogP contribution is -2.54. The van der Waals surface area contributed by atoms with E-state index in [0.717, 1.165) is 50.7 Å². The van der Waals surface area contributed by atoms with Gasteiger partial charge >= 0.3 is 0 Å². The molecular formula is C23H32N4OS. The Bertz CT molecular complexity index is 809. The maximum Gasteiger partial charge on any atom is 0.237 e. The number of piperidine rings is 1. The molecule has 5 rings (SSSR count). The summed E-state index contributed by atoms with van der Waals surface area (Å²) in [6, 6.07) is 8.91. The normalized spacial score (nSPS) is 26.6. The Morgan fingerprint density at radius 1 is 0.966 bits per heavy atom. The quantitative estimate of drug-likeness (QED) is 0.769. The molecule has 1 aromatic heterocycles. The largest absolute Gasteiger partial charge is 0.338 e. The van der Waals surface area contributed by atoms with Gasteiger partial charge in [-0.25, -0.2) is 4.98 Å². The molecule has 2 saturated heterocycles. The van der Waals surface area contributed by atoms with Crippen LogP contribution in [0.4, 0.5) is 0 Å². The highest BCUT2D eigenvalue weighted by atomic mass is 32.1. The van der Waals surface area contributed by atoms with Gasteiger partial charge in [-0.2, -0.15) is 0 Å². The number of amides is 1. The topological polar surface area (TPSA) is 39.7 Å². The SMILES string of the molecule is O=C(CN1CCN(Cc2nc3ccccc3s2)CC1)N1CCCC2CCCCC21. The summed E-state index contributed by atoms with van der Waals surface area (Å²) in [6.07, 6.45) is 7.75. The Morgan fingerprint density at radius 3 is 2.59 bits per heavy atom. The van der Waals surface area contributed by atoms with Crippen LogP contribution in [0.3, 0.4) is 0 Å². The first-order valence-electron chi connectivity index (χ1n) is 11.3. The third-order valence-corrected chi connectivity index (χ3v) is 8.11. The van der Waals surface area contributed by atoms with Crippen LogP contribution >= 0.6 is 11.3 Å². The van der Waals surface area contributed by atoms with E-state index in [2.05, 4.69) is 39.0 Å². The first-order chi connectivity index (χ1) is 14.3. The minimum atomic E-state index is 0.376. The van der Waals surface area contributed by atoms with E-state index in [0.29, 0.717) is 18.5 Å². The smallest absolute Gasteiger partial charge is 0.237 e. The van der Waals surface area contributed by atoms with E-state index in [9.17, 15) is 4.79 Å². The van der Waals surface area contributed by atoms with Crippen molar-refractivity contribution in [1.29, 1.82) is 0 Å². The van der Waals surface area contributed by atoms with Crippen LogP contribution in [0.5, 0.6) is 0 Å². The number of benzene rings is 1. The highest BCUT2D eigenvalue weighted by Crippen LogP contribution is 2.35. The molecule has 3 heterocycles. The van der Waals surface area contributed by atoms with Crippen LogP contribution in [-0.2, 0) is 11.3 Å². The molecule has 0 N–H and O–H groups in total. The monoisotopic (exact) mass is 412 g/mol. The van der Waals surface area contributed by atoms with Gasteiger partial charge < -0.3 is 4.90 Å². The van der Waals surface area contributed by atoms with Crippen molar-refractivity contribution in [1.82, 2.24) is 19.7 Å². The number of likely N-dealkylation sites (tertiary alicyclic amines) is 1. The molecule has 156 valence electrons. The van der Waals surface area contributed by atoms with Crippen LogP contribution in [0, 0.1) is 5.92 Å². The van der Waals surface area contributed by atoms with E-state index in [1.165, 1.54) is 48.2 Å². The van der Waals surface area contributed by atoms with Crippen molar-refractivity contribution in [3.05, 3.63) is 29.3 Å². The van der Waals surface area contributed by atoms with E-state index in [-0.39, 0.29) is 0 Å². The summed E-state index contributed by atoms with van der Waals surface area (Å²) in [6.45, 7) is 6.54. The molecule has 2 unspecified atom stereocenters. The molecule has 1 saturated carbocycles. The first-order valence-corrected chi connectivity index (χ1v) is 12.2. The molecule has 0 radical (unpaired) electrons. The molecule has 2 aromatic rings. The summed E-state index contributed by atoms with van der Waals surface area (Å²) < 4.78 is 1.27. The predicted octanol–water partition coefficient (Wildman–Crippen LogP) is 3.60. The van der Waals surface area contributed by atoms with Crippen LogP contribution in [0.2, 0.25) is 0 Å². The molecule has 2 atom stereocenters. The van der Waals surface area contributed by atoms with Crippen LogP contribution in [0.1, 0.15) is 43.5 Å². The van der Waals surface area contributed by atoms with Crippen molar-refractivity contribution in [2.45, 2.75) is 51.1 Å². The number of hydrogen-bond donors (Lipinski definition) is 0. The zero-order chi connectivity index (χ0) is 19.6. The number of piperazine rings is 1. The zero-order valence-electron chi connectivity index (χ0n) is 17.3. The number of carbonyl (C=O) groups is 1. The Labute approximate surface area is 177 Å². The molecule has 0 spiro atoms. The fourth-order valence-corrected chi connectivity index (χ4v) is 6.51. The number of hydrogen-bond acceptors (Lipinski definition) is 5. The van der Waals surface area contributed by atoms with E-state index >= 15 is 0 Å². The van der Waals surface area contributed by atoms with Crippen molar-refractivity contribution in [3.63, 3.8) is 0 Å². The van der Waals surface area contributed by atoms with E-state index in [4.69, 9.17) is 4.98 Å². The van der Waals surface area contributed by atoms with E-state index < -0.39 is 0 Å². The Kier molecular flexibility index (Phi) is 5.84. The molecule has 3 fully saturated rings. The Balaban J connectivity index is 1.12. The van der Waals surface area contributed by atoms with Crippen molar-refractivity contribution in [2.75, 3.05) is 39.3 Å². The van der Waals surface area contributed by atoms with Crippen molar-refractivity contribution in [2.24, 2.45) is 5.92 Å². The second-order valence-electron chi connectivity index (χ2n) is 8.97. The van der Waals surface area contributed by atoms with E-state index in [1.54, 1.807) is 11.3 Å². The van der Waals surface area contributed by atoms with E-state index in [1.807, 2.05) is 0 Å². The van der Waals surface area contributed by atoms with Crippen LogP contribution in [0.15, 0.2) is 24.3 Å². The average Bonchev–Trinajstić information content (AvgIpc) is 3.17. The van der Waals surface area contributed by atoms with Gasteiger partial charge in [0.2, 0.25) is 5.91 Å². The highest BCUT2D eigenvalue weighted by molar-refractivity contribution is 7.18. The lowest BCUT2D eigenvalue weighted by atomic mass is 9.78. The maximum atomic E-state index is 13.1. The Morgan fingerprint density at radius 2 is 1.72 bits per heavy atom. The number of aromatic nitrogens is 1. The van der Waals surface area contributed by atoms with Crippen LogP contribution in [0.25, 0.3) is 10.2 Å². The molecule has 1 aliphatic carbocycles. The van der Waals surface area contributed by atoms with Gasteiger partial charge in [0.25, 0.3) is 0 Å². The van der Waals surface area contributed by atoms with Gasteiger partial charge in [0, 0.05) is 38.8 Å². The number of para-hydroxylation sites is 1. The average molecular weight is 413 g/mol. The fraction of sp³-hybridized carbons (Fsp3) is 0.652.